The van der Waals surface area contributed by atoms with Gasteiger partial charge in [-0.2, -0.15) is 0 Å². The minimum atomic E-state index is -0.768. The summed E-state index contributed by atoms with van der Waals surface area (Å²) in [6.45, 7) is 4.72. The first-order chi connectivity index (χ1) is 7.66. The maximum Gasteiger partial charge on any atom is 0.314 e. The van der Waals surface area contributed by atoms with Crippen LogP contribution in [0.4, 0.5) is 4.79 Å². The Morgan fingerprint density at radius 1 is 1.12 bits per heavy atom. The summed E-state index contributed by atoms with van der Waals surface area (Å²) in [5, 5.41) is 13.8. The van der Waals surface area contributed by atoms with Crippen LogP contribution < -0.4 is 10.6 Å². The molecule has 2 amide bonds. The van der Waals surface area contributed by atoms with Crippen LogP contribution in [-0.2, 0) is 4.79 Å². The molecule has 0 aromatic carbocycles. The lowest BCUT2D eigenvalue weighted by Crippen LogP contribution is -2.36. The van der Waals surface area contributed by atoms with E-state index in [1.165, 1.54) is 0 Å². The second-order valence-corrected chi connectivity index (χ2v) is 3.46. The number of nitrogens with one attached hydrogen (secondary N) is 2. The molecule has 0 aliphatic carbocycles. The second kappa shape index (κ2) is 10.0. The average molecular weight is 228 g/mol. The summed E-state index contributed by atoms with van der Waals surface area (Å²) in [7, 11) is 0. The summed E-state index contributed by atoms with van der Waals surface area (Å²) in [4.78, 5) is 21.3. The zero-order valence-corrected chi connectivity index (χ0v) is 9.50. The molecule has 92 valence electrons. The molecule has 0 fully saturated rings. The van der Waals surface area contributed by atoms with Gasteiger partial charge in [-0.05, 0) is 19.3 Å². The van der Waals surface area contributed by atoms with Gasteiger partial charge in [0.25, 0.3) is 0 Å². The summed E-state index contributed by atoms with van der Waals surface area (Å²) in [5.41, 5.74) is 0. The van der Waals surface area contributed by atoms with Crippen molar-refractivity contribution in [3.05, 3.63) is 12.7 Å². The Labute approximate surface area is 95.9 Å². The molecule has 0 aliphatic rings. The summed E-state index contributed by atoms with van der Waals surface area (Å²) >= 11 is 0. The molecular weight excluding hydrogens is 208 g/mol. The largest absolute Gasteiger partial charge is 0.481 e. The van der Waals surface area contributed by atoms with Crippen molar-refractivity contribution in [3.63, 3.8) is 0 Å². The van der Waals surface area contributed by atoms with Crippen LogP contribution in [-0.4, -0.2) is 30.2 Å². The van der Waals surface area contributed by atoms with Crippen LogP contribution >= 0.6 is 0 Å². The minimum absolute atomic E-state index is 0.180. The van der Waals surface area contributed by atoms with Crippen molar-refractivity contribution in [2.75, 3.05) is 13.1 Å². The van der Waals surface area contributed by atoms with E-state index >= 15 is 0 Å². The lowest BCUT2D eigenvalue weighted by atomic mass is 10.2. The Kier molecular flexibility index (Phi) is 9.06. The van der Waals surface area contributed by atoms with E-state index < -0.39 is 5.97 Å². The van der Waals surface area contributed by atoms with Crippen LogP contribution in [0.2, 0.25) is 0 Å². The third kappa shape index (κ3) is 10.6. The predicted molar refractivity (Wildman–Crippen MR) is 62.3 cm³/mol. The highest BCUT2D eigenvalue weighted by Crippen LogP contribution is 1.98. The highest BCUT2D eigenvalue weighted by molar-refractivity contribution is 5.73. The van der Waals surface area contributed by atoms with Crippen molar-refractivity contribution in [2.45, 2.75) is 32.1 Å². The first-order valence-electron chi connectivity index (χ1n) is 5.51. The lowest BCUT2D eigenvalue weighted by molar-refractivity contribution is -0.137. The molecule has 5 heteroatoms. The molecule has 0 heterocycles. The van der Waals surface area contributed by atoms with Gasteiger partial charge in [-0.25, -0.2) is 4.79 Å². The van der Waals surface area contributed by atoms with Gasteiger partial charge in [0.05, 0.1) is 0 Å². The molecule has 3 N–H and O–H groups in total. The number of carbonyl (C=O) groups excluding carboxylic acids is 1. The van der Waals surface area contributed by atoms with Gasteiger partial charge in [-0.15, -0.1) is 6.58 Å². The molecule has 0 saturated carbocycles. The van der Waals surface area contributed by atoms with E-state index in [9.17, 15) is 9.59 Å². The lowest BCUT2D eigenvalue weighted by Gasteiger charge is -2.05. The van der Waals surface area contributed by atoms with Gasteiger partial charge in [0, 0.05) is 19.5 Å². The van der Waals surface area contributed by atoms with Crippen molar-refractivity contribution in [2.24, 2.45) is 0 Å². The number of amides is 2. The molecule has 0 rings (SSSR count). The Morgan fingerprint density at radius 3 is 2.44 bits per heavy atom. The molecule has 0 aromatic heterocycles. The standard InChI is InChI=1S/C11H20N2O3/c1-2-3-8-12-11(16)13-9-6-4-5-7-10(14)15/h2H,1,3-9H2,(H,14,15)(H2,12,13,16). The van der Waals surface area contributed by atoms with E-state index in [1.54, 1.807) is 6.08 Å². The van der Waals surface area contributed by atoms with Crippen LogP contribution in [0.25, 0.3) is 0 Å². The molecule has 16 heavy (non-hydrogen) atoms. The van der Waals surface area contributed by atoms with Crippen molar-refractivity contribution < 1.29 is 14.7 Å². The quantitative estimate of drug-likeness (QED) is 0.413. The number of rotatable bonds is 9. The molecule has 0 saturated heterocycles. The maximum atomic E-state index is 11.1. The number of carbonyl (C=O) groups is 2. The SMILES string of the molecule is C=CCCNC(=O)NCCCCCC(=O)O. The minimum Gasteiger partial charge on any atom is -0.481 e. The van der Waals surface area contributed by atoms with Gasteiger partial charge in [0.1, 0.15) is 0 Å². The summed E-state index contributed by atoms with van der Waals surface area (Å²) in [5.74, 6) is -0.768. The summed E-state index contributed by atoms with van der Waals surface area (Å²) in [6.07, 6.45) is 4.99. The van der Waals surface area contributed by atoms with E-state index in [0.717, 1.165) is 19.3 Å². The van der Waals surface area contributed by atoms with Crippen molar-refractivity contribution in [1.29, 1.82) is 0 Å². The van der Waals surface area contributed by atoms with Gasteiger partial charge < -0.3 is 15.7 Å². The third-order valence-electron chi connectivity index (χ3n) is 1.99. The molecule has 0 atom stereocenters. The molecule has 0 bridgehead atoms. The second-order valence-electron chi connectivity index (χ2n) is 3.46. The Morgan fingerprint density at radius 2 is 1.81 bits per heavy atom. The number of aliphatic carboxylic acids is 1. The maximum absolute atomic E-state index is 11.1. The smallest absolute Gasteiger partial charge is 0.314 e. The van der Waals surface area contributed by atoms with Crippen LogP contribution in [0.1, 0.15) is 32.1 Å². The van der Waals surface area contributed by atoms with Crippen LogP contribution in [0, 0.1) is 0 Å². The molecule has 0 radical (unpaired) electrons. The first-order valence-corrected chi connectivity index (χ1v) is 5.51. The highest BCUT2D eigenvalue weighted by Gasteiger charge is 1.98. The van der Waals surface area contributed by atoms with Crippen LogP contribution in [0.5, 0.6) is 0 Å². The van der Waals surface area contributed by atoms with Gasteiger partial charge in [0.15, 0.2) is 0 Å². The van der Waals surface area contributed by atoms with E-state index in [-0.39, 0.29) is 12.5 Å². The summed E-state index contributed by atoms with van der Waals surface area (Å²) < 4.78 is 0. The van der Waals surface area contributed by atoms with Gasteiger partial charge in [-0.3, -0.25) is 4.79 Å². The fourth-order valence-electron chi connectivity index (χ4n) is 1.13. The Bertz CT molecular complexity index is 229. The molecule has 5 nitrogen and oxygen atoms in total. The van der Waals surface area contributed by atoms with Crippen molar-refractivity contribution in [1.82, 2.24) is 10.6 Å². The van der Waals surface area contributed by atoms with Crippen LogP contribution in [0.15, 0.2) is 12.7 Å². The van der Waals surface area contributed by atoms with Gasteiger partial charge in [0.2, 0.25) is 0 Å². The van der Waals surface area contributed by atoms with E-state index in [1.807, 2.05) is 0 Å². The summed E-state index contributed by atoms with van der Waals surface area (Å²) in [6, 6.07) is -0.180. The molecule has 0 unspecified atom stereocenters. The molecular formula is C11H20N2O3. The third-order valence-corrected chi connectivity index (χ3v) is 1.99. The Hall–Kier alpha value is -1.52. The van der Waals surface area contributed by atoms with Gasteiger partial charge in [-0.1, -0.05) is 12.5 Å². The van der Waals surface area contributed by atoms with E-state index in [4.69, 9.17) is 5.11 Å². The zero-order chi connectivity index (χ0) is 12.2. The average Bonchev–Trinajstić information content (AvgIpc) is 2.23. The highest BCUT2D eigenvalue weighted by atomic mass is 16.4. The fraction of sp³-hybridized carbons (Fsp3) is 0.636. The normalized spacial score (nSPS) is 9.50. The van der Waals surface area contributed by atoms with Crippen LogP contribution in [0.3, 0.4) is 0 Å². The molecule has 0 aliphatic heterocycles. The fourth-order valence-corrected chi connectivity index (χ4v) is 1.13. The molecule has 0 spiro atoms. The Balaban J connectivity index is 3.21. The number of urea groups is 1. The predicted octanol–water partition coefficient (Wildman–Crippen LogP) is 1.51. The number of hydrogen-bond donors (Lipinski definition) is 3. The van der Waals surface area contributed by atoms with Crippen molar-refractivity contribution in [3.8, 4) is 0 Å². The number of carboxylic acids is 1. The molecule has 0 aromatic rings. The topological polar surface area (TPSA) is 78.4 Å². The van der Waals surface area contributed by atoms with E-state index in [2.05, 4.69) is 17.2 Å². The monoisotopic (exact) mass is 228 g/mol. The first kappa shape index (κ1) is 14.5. The van der Waals surface area contributed by atoms with E-state index in [0.29, 0.717) is 19.5 Å². The number of carboxylic acid groups (broad SMARTS) is 1. The number of unbranched alkanes of at least 4 members (excludes halogenated alkanes) is 2. The zero-order valence-electron chi connectivity index (χ0n) is 9.50. The van der Waals surface area contributed by atoms with Crippen molar-refractivity contribution >= 4 is 12.0 Å². The van der Waals surface area contributed by atoms with Gasteiger partial charge >= 0.3 is 12.0 Å². The number of hydrogen-bond acceptors (Lipinski definition) is 2.